The fourth-order valence-corrected chi connectivity index (χ4v) is 4.49. The number of carboxylic acids is 2. The Kier molecular flexibility index (Phi) is 13.0. The molecule has 2 aromatic carbocycles. The summed E-state index contributed by atoms with van der Waals surface area (Å²) < 4.78 is 69.5. The number of carboxylic acid groups (broad SMARTS) is 2. The summed E-state index contributed by atoms with van der Waals surface area (Å²) in [5.74, 6) is -6.05. The number of aliphatic carboxylic acids is 2. The summed E-state index contributed by atoms with van der Waals surface area (Å²) in [6.07, 6.45) is -9.64. The van der Waals surface area contributed by atoms with Crippen molar-refractivity contribution >= 4 is 40.3 Å². The Morgan fingerprint density at radius 3 is 2.02 bits per heavy atom. The van der Waals surface area contributed by atoms with Crippen LogP contribution in [0.3, 0.4) is 0 Å². The lowest BCUT2D eigenvalue weighted by atomic mass is 9.96. The highest BCUT2D eigenvalue weighted by Crippen LogP contribution is 2.30. The molecule has 2 atom stereocenters. The fourth-order valence-electron chi connectivity index (χ4n) is 4.49. The van der Waals surface area contributed by atoms with Gasteiger partial charge in [0.25, 0.3) is 5.91 Å². The minimum Gasteiger partial charge on any atom is -0.489 e. The van der Waals surface area contributed by atoms with Crippen LogP contribution in [0, 0.1) is 12.8 Å². The van der Waals surface area contributed by atoms with E-state index in [1.54, 1.807) is 29.4 Å². The van der Waals surface area contributed by atoms with Crippen molar-refractivity contribution in [1.29, 1.82) is 0 Å². The van der Waals surface area contributed by atoms with Gasteiger partial charge in [-0.2, -0.15) is 26.3 Å². The molecule has 256 valence electrons. The maximum Gasteiger partial charge on any atom is 0.490 e. The summed E-state index contributed by atoms with van der Waals surface area (Å²) in [5.41, 5.74) is 5.38. The van der Waals surface area contributed by atoms with Crippen molar-refractivity contribution < 1.29 is 65.7 Å². The number of para-hydroxylation sites is 1. The number of nitrogens with one attached hydrogen (secondary N) is 1. The first-order chi connectivity index (χ1) is 21.8. The topological polar surface area (TPSA) is 170 Å². The number of amides is 2. The number of aromatic nitrogens is 1. The summed E-state index contributed by atoms with van der Waals surface area (Å²) in [7, 11) is 3.44. The van der Waals surface area contributed by atoms with Crippen molar-refractivity contribution in [3.8, 4) is 5.75 Å². The van der Waals surface area contributed by atoms with Gasteiger partial charge < -0.3 is 19.8 Å². The largest absolute Gasteiger partial charge is 0.490 e. The number of hydrogen-bond acceptors (Lipinski definition) is 8. The van der Waals surface area contributed by atoms with E-state index in [1.807, 2.05) is 61.5 Å². The van der Waals surface area contributed by atoms with Gasteiger partial charge in [-0.15, -0.1) is 0 Å². The second kappa shape index (κ2) is 16.0. The van der Waals surface area contributed by atoms with Crippen LogP contribution in [0.4, 0.5) is 32.0 Å². The molecule has 1 aliphatic rings. The number of carbonyl (C=O) groups is 4. The average molecular weight is 677 g/mol. The van der Waals surface area contributed by atoms with E-state index in [0.717, 1.165) is 27.8 Å². The Balaban J connectivity index is 0.000000459. The number of anilines is 1. The number of alkyl halides is 6. The van der Waals surface area contributed by atoms with Crippen molar-refractivity contribution in [3.05, 3.63) is 65.9 Å². The smallest absolute Gasteiger partial charge is 0.489 e. The van der Waals surface area contributed by atoms with Gasteiger partial charge in [0.2, 0.25) is 5.91 Å². The number of benzene rings is 2. The van der Waals surface area contributed by atoms with E-state index in [9.17, 15) is 35.9 Å². The molecule has 0 radical (unpaired) electrons. The van der Waals surface area contributed by atoms with Crippen molar-refractivity contribution in [2.45, 2.75) is 38.3 Å². The zero-order chi connectivity index (χ0) is 35.7. The predicted molar refractivity (Wildman–Crippen MR) is 152 cm³/mol. The van der Waals surface area contributed by atoms with Crippen LogP contribution in [0.25, 0.3) is 10.9 Å². The van der Waals surface area contributed by atoms with Crippen LogP contribution in [-0.2, 0) is 25.8 Å². The lowest BCUT2D eigenvalue weighted by molar-refractivity contribution is -0.193. The number of ether oxygens (including phenoxy) is 1. The molecule has 12 nitrogen and oxygen atoms in total. The summed E-state index contributed by atoms with van der Waals surface area (Å²) in [6, 6.07) is 16.7. The third kappa shape index (κ3) is 10.8. The molecule has 2 amide bonds. The van der Waals surface area contributed by atoms with E-state index in [1.165, 1.54) is 0 Å². The Morgan fingerprint density at radius 2 is 1.53 bits per heavy atom. The van der Waals surface area contributed by atoms with E-state index >= 15 is 0 Å². The summed E-state index contributed by atoms with van der Waals surface area (Å²) in [4.78, 5) is 50.8. The van der Waals surface area contributed by atoms with E-state index in [-0.39, 0.29) is 5.91 Å². The Morgan fingerprint density at radius 1 is 1.00 bits per heavy atom. The van der Waals surface area contributed by atoms with Crippen LogP contribution in [0.1, 0.15) is 17.7 Å². The summed E-state index contributed by atoms with van der Waals surface area (Å²) in [5, 5.41) is 24.4. The first-order valence-corrected chi connectivity index (χ1v) is 13.4. The average Bonchev–Trinajstić information content (AvgIpc) is 3.35. The van der Waals surface area contributed by atoms with E-state index in [0.29, 0.717) is 25.3 Å². The minimum atomic E-state index is -5.08. The molecule has 4 rings (SSSR count). The molecule has 4 N–H and O–H groups in total. The lowest BCUT2D eigenvalue weighted by Gasteiger charge is -2.27. The Labute approximate surface area is 263 Å². The molecule has 18 heteroatoms. The zero-order valence-electron chi connectivity index (χ0n) is 25.0. The SMILES string of the molecule is Cc1cc(COc2ccc(N3CC[C@H]([C@@H](C(=O)NO)N(C)C)C3=O)cc2)c2ccccc2n1.O=C(O)C(F)(F)F.O=C(O)C(F)(F)F. The minimum absolute atomic E-state index is 0.135. The van der Waals surface area contributed by atoms with Gasteiger partial charge in [0.05, 0.1) is 11.4 Å². The predicted octanol–water partition coefficient (Wildman–Crippen LogP) is 4.18. The molecule has 1 fully saturated rings. The van der Waals surface area contributed by atoms with Crippen LogP contribution in [0.2, 0.25) is 0 Å². The monoisotopic (exact) mass is 676 g/mol. The van der Waals surface area contributed by atoms with Crippen LogP contribution in [0.15, 0.2) is 54.6 Å². The maximum atomic E-state index is 13.0. The number of hydrogen-bond donors (Lipinski definition) is 4. The van der Waals surface area contributed by atoms with Gasteiger partial charge in [0.1, 0.15) is 18.4 Å². The quantitative estimate of drug-likeness (QED) is 0.162. The third-order valence-electron chi connectivity index (χ3n) is 6.52. The number of pyridine rings is 1. The third-order valence-corrected chi connectivity index (χ3v) is 6.52. The second-order valence-corrected chi connectivity index (χ2v) is 10.1. The fraction of sp³-hybridized carbons (Fsp3) is 0.345. The molecule has 2 heterocycles. The van der Waals surface area contributed by atoms with Gasteiger partial charge in [-0.05, 0) is 63.8 Å². The highest BCUT2D eigenvalue weighted by molar-refractivity contribution is 6.01. The molecule has 1 saturated heterocycles. The van der Waals surface area contributed by atoms with Crippen molar-refractivity contribution in [3.63, 3.8) is 0 Å². The van der Waals surface area contributed by atoms with Gasteiger partial charge in [-0.25, -0.2) is 15.1 Å². The van der Waals surface area contributed by atoms with E-state index < -0.39 is 42.2 Å². The molecule has 1 aliphatic heterocycles. The number of halogens is 6. The van der Waals surface area contributed by atoms with Crippen LogP contribution in [0.5, 0.6) is 5.75 Å². The molecule has 47 heavy (non-hydrogen) atoms. The number of nitrogens with zero attached hydrogens (tertiary/aromatic N) is 3. The van der Waals surface area contributed by atoms with Crippen LogP contribution >= 0.6 is 0 Å². The van der Waals surface area contributed by atoms with Gasteiger partial charge in [0.15, 0.2) is 0 Å². The number of aryl methyl sites for hydroxylation is 1. The standard InChI is InChI=1S/C25H28N4O4.2C2HF3O2/c1-16-14-17(20-6-4-5-7-22(20)26-16)15-33-19-10-8-18(9-11-19)29-13-12-21(25(29)31)23(28(2)3)24(30)27-32;2*3-2(4,5)1(6)7/h4-11,14,21,23,32H,12-13,15H2,1-3H3,(H,27,30);2*(H,6,7)/t21-,23+;;/m1../s1. The van der Waals surface area contributed by atoms with Crippen LogP contribution in [-0.4, -0.2) is 88.1 Å². The second-order valence-electron chi connectivity index (χ2n) is 10.1. The Bertz CT molecular complexity index is 1540. The number of likely N-dealkylation sites (N-methyl/N-ethyl adjacent to an activating group) is 1. The molecular formula is C29H30F6N4O8. The first kappa shape index (κ1) is 38.2. The molecule has 0 saturated carbocycles. The normalized spacial score (nSPS) is 15.3. The van der Waals surface area contributed by atoms with Gasteiger partial charge in [-0.3, -0.25) is 24.7 Å². The molecule has 0 bridgehead atoms. The van der Waals surface area contributed by atoms with Gasteiger partial charge in [-0.1, -0.05) is 18.2 Å². The molecule has 0 spiro atoms. The molecule has 0 aliphatic carbocycles. The van der Waals surface area contributed by atoms with Crippen molar-refractivity contribution in [2.75, 3.05) is 25.5 Å². The zero-order valence-corrected chi connectivity index (χ0v) is 25.0. The number of rotatable bonds is 7. The maximum absolute atomic E-state index is 13.0. The number of hydroxylamine groups is 1. The summed E-state index contributed by atoms with van der Waals surface area (Å²) >= 11 is 0. The van der Waals surface area contributed by atoms with Gasteiger partial charge >= 0.3 is 24.3 Å². The van der Waals surface area contributed by atoms with Crippen molar-refractivity contribution in [1.82, 2.24) is 15.4 Å². The molecule has 1 aromatic heterocycles. The van der Waals surface area contributed by atoms with Gasteiger partial charge in [0, 0.05) is 28.9 Å². The first-order valence-electron chi connectivity index (χ1n) is 13.4. The van der Waals surface area contributed by atoms with E-state index in [4.69, 9.17) is 29.7 Å². The molecular weight excluding hydrogens is 646 g/mol. The number of fused-ring (bicyclic) bond motifs is 1. The lowest BCUT2D eigenvalue weighted by Crippen LogP contribution is -2.49. The summed E-state index contributed by atoms with van der Waals surface area (Å²) in [6.45, 7) is 2.89. The van der Waals surface area contributed by atoms with Crippen molar-refractivity contribution in [2.24, 2.45) is 5.92 Å². The Hall–Kier alpha value is -4.97. The molecule has 0 unspecified atom stereocenters. The highest BCUT2D eigenvalue weighted by Gasteiger charge is 2.42. The molecule has 3 aromatic rings. The van der Waals surface area contributed by atoms with Crippen LogP contribution < -0.4 is 15.1 Å². The highest BCUT2D eigenvalue weighted by atomic mass is 19.4. The number of carbonyl (C=O) groups excluding carboxylic acids is 2. The van der Waals surface area contributed by atoms with E-state index in [2.05, 4.69) is 4.98 Å².